The number of ether oxygens (including phenoxy) is 1. The average molecular weight is 483 g/mol. The molecule has 8 nitrogen and oxygen atoms in total. The van der Waals surface area contributed by atoms with Gasteiger partial charge in [-0.2, -0.15) is 31.8 Å². The number of H-pyrrole nitrogens is 1. The van der Waals surface area contributed by atoms with Gasteiger partial charge < -0.3 is 14.6 Å². The van der Waals surface area contributed by atoms with Gasteiger partial charge in [-0.1, -0.05) is 18.2 Å². The number of para-hydroxylation sites is 1. The number of halogens is 6. The van der Waals surface area contributed by atoms with Gasteiger partial charge in [-0.05, 0) is 24.3 Å². The maximum Gasteiger partial charge on any atom is 0.493 e. The first-order valence-corrected chi connectivity index (χ1v) is 9.21. The number of nitrogens with zero attached hydrogens (tertiary/aromatic N) is 3. The van der Waals surface area contributed by atoms with Gasteiger partial charge in [0.25, 0.3) is 0 Å². The number of carbonyl (C=O) groups is 1. The van der Waals surface area contributed by atoms with Gasteiger partial charge in [-0.3, -0.25) is 0 Å². The summed E-state index contributed by atoms with van der Waals surface area (Å²) < 4.78 is 80.8. The van der Waals surface area contributed by atoms with Crippen LogP contribution in [0.4, 0.5) is 32.3 Å². The van der Waals surface area contributed by atoms with Crippen molar-refractivity contribution < 1.29 is 40.7 Å². The van der Waals surface area contributed by atoms with Crippen LogP contribution in [-0.4, -0.2) is 32.1 Å². The largest absolute Gasteiger partial charge is 0.493 e. The molecule has 0 amide bonds. The van der Waals surface area contributed by atoms with Crippen LogP contribution in [0.5, 0.6) is 11.6 Å². The van der Waals surface area contributed by atoms with Gasteiger partial charge in [0, 0.05) is 11.6 Å². The molecular weight excluding hydrogens is 472 g/mol. The lowest BCUT2D eigenvalue weighted by Crippen LogP contribution is -2.27. The topological polar surface area (TPSA) is 102 Å². The highest BCUT2D eigenvalue weighted by molar-refractivity contribution is 5.84. The van der Waals surface area contributed by atoms with E-state index in [1.165, 1.54) is 24.3 Å². The molecule has 0 unspecified atom stereocenters. The zero-order valence-corrected chi connectivity index (χ0v) is 16.5. The minimum absolute atomic E-state index is 0.0263. The van der Waals surface area contributed by atoms with Gasteiger partial charge in [-0.25, -0.2) is 19.7 Å². The molecule has 2 N–H and O–H groups in total. The molecule has 0 aliphatic heterocycles. The molecular formula is C20H11F6N5O3. The summed E-state index contributed by atoms with van der Waals surface area (Å²) in [4.78, 5) is 29.3. The van der Waals surface area contributed by atoms with E-state index in [4.69, 9.17) is 4.74 Å². The van der Waals surface area contributed by atoms with E-state index in [1.807, 2.05) is 0 Å². The van der Waals surface area contributed by atoms with Crippen LogP contribution in [0.3, 0.4) is 0 Å². The molecule has 4 rings (SSSR count). The third-order valence-electron chi connectivity index (χ3n) is 4.31. The number of aromatic amines is 1. The van der Waals surface area contributed by atoms with Gasteiger partial charge in [0.05, 0.1) is 16.8 Å². The third kappa shape index (κ3) is 5.00. The van der Waals surface area contributed by atoms with Crippen molar-refractivity contribution in [1.29, 1.82) is 0 Å². The fraction of sp³-hybridized carbons (Fsp3) is 0.100. The normalized spacial score (nSPS) is 11.9. The first-order chi connectivity index (χ1) is 16.0. The van der Waals surface area contributed by atoms with E-state index in [-0.39, 0.29) is 28.8 Å². The molecule has 0 aliphatic rings. The number of rotatable bonds is 5. The van der Waals surface area contributed by atoms with Crippen LogP contribution in [0, 0.1) is 0 Å². The Morgan fingerprint density at radius 1 is 0.971 bits per heavy atom. The van der Waals surface area contributed by atoms with Crippen molar-refractivity contribution in [1.82, 2.24) is 19.9 Å². The number of anilines is 1. The van der Waals surface area contributed by atoms with Crippen LogP contribution >= 0.6 is 0 Å². The van der Waals surface area contributed by atoms with E-state index in [0.717, 1.165) is 18.5 Å². The number of aromatic nitrogens is 4. The molecule has 0 aliphatic carbocycles. The molecule has 0 spiro atoms. The SMILES string of the molecule is O=C(ONc1nc2c(Oc3cc(-c4ccc(C(F)(F)F)cc4)ncn3)cccc2[nH]1)C(F)(F)F. The smallest absolute Gasteiger partial charge is 0.437 e. The van der Waals surface area contributed by atoms with Crippen molar-refractivity contribution in [2.24, 2.45) is 0 Å². The monoisotopic (exact) mass is 483 g/mol. The van der Waals surface area contributed by atoms with Crippen LogP contribution < -0.4 is 10.2 Å². The molecule has 0 fully saturated rings. The van der Waals surface area contributed by atoms with Crippen molar-refractivity contribution in [3.63, 3.8) is 0 Å². The standard InChI is InChI=1S/C20H11F6N5O3/c21-19(22,23)11-6-4-10(5-7-11)13-8-15(28-9-27-13)33-14-3-1-2-12-16(14)30-18(29-12)31-34-17(32)20(24,25)26/h1-9H,(H2,29,30,31). The number of hydrogen-bond acceptors (Lipinski definition) is 7. The number of benzene rings is 2. The first-order valence-electron chi connectivity index (χ1n) is 9.21. The Kier molecular flexibility index (Phi) is 5.73. The zero-order valence-electron chi connectivity index (χ0n) is 16.5. The maximum atomic E-state index is 12.8. The molecule has 0 atom stereocenters. The van der Waals surface area contributed by atoms with E-state index in [1.54, 1.807) is 17.6 Å². The van der Waals surface area contributed by atoms with Gasteiger partial charge in [-0.15, -0.1) is 0 Å². The summed E-state index contributed by atoms with van der Waals surface area (Å²) in [6.07, 6.45) is -8.51. The second kappa shape index (κ2) is 8.53. The molecule has 2 aromatic heterocycles. The summed E-state index contributed by atoms with van der Waals surface area (Å²) in [6.45, 7) is 0. The van der Waals surface area contributed by atoms with Crippen molar-refractivity contribution in [3.05, 3.63) is 60.4 Å². The maximum absolute atomic E-state index is 12.8. The number of imidazole rings is 1. The Balaban J connectivity index is 1.55. The summed E-state index contributed by atoms with van der Waals surface area (Å²) in [5.74, 6) is -2.59. The summed E-state index contributed by atoms with van der Waals surface area (Å²) in [5, 5.41) is 0. The van der Waals surface area contributed by atoms with Crippen LogP contribution in [0.15, 0.2) is 54.9 Å². The molecule has 2 aromatic carbocycles. The van der Waals surface area contributed by atoms with Gasteiger partial charge in [0.15, 0.2) is 5.75 Å². The highest BCUT2D eigenvalue weighted by Gasteiger charge is 2.41. The zero-order chi connectivity index (χ0) is 24.5. The number of carbonyl (C=O) groups excluding carboxylic acids is 1. The summed E-state index contributed by atoms with van der Waals surface area (Å²) >= 11 is 0. The number of hydrogen-bond donors (Lipinski definition) is 2. The fourth-order valence-corrected chi connectivity index (χ4v) is 2.78. The molecule has 0 saturated carbocycles. The van der Waals surface area contributed by atoms with Crippen LogP contribution in [-0.2, 0) is 15.8 Å². The van der Waals surface area contributed by atoms with Crippen molar-refractivity contribution in [2.45, 2.75) is 12.4 Å². The van der Waals surface area contributed by atoms with E-state index >= 15 is 0 Å². The molecule has 176 valence electrons. The predicted molar refractivity (Wildman–Crippen MR) is 104 cm³/mol. The van der Waals surface area contributed by atoms with Crippen LogP contribution in [0.1, 0.15) is 5.56 Å². The number of alkyl halides is 6. The molecule has 2 heterocycles. The van der Waals surface area contributed by atoms with Gasteiger partial charge >= 0.3 is 18.3 Å². The Morgan fingerprint density at radius 2 is 1.71 bits per heavy atom. The summed E-state index contributed by atoms with van der Waals surface area (Å²) in [6, 6.07) is 10.3. The van der Waals surface area contributed by atoms with E-state index in [9.17, 15) is 31.1 Å². The fourth-order valence-electron chi connectivity index (χ4n) is 2.78. The summed E-state index contributed by atoms with van der Waals surface area (Å²) in [7, 11) is 0. The Labute approximate surface area is 185 Å². The van der Waals surface area contributed by atoms with E-state index in [0.29, 0.717) is 11.1 Å². The summed E-state index contributed by atoms with van der Waals surface area (Å²) in [5.41, 5.74) is 2.15. The Bertz CT molecular complexity index is 1340. The lowest BCUT2D eigenvalue weighted by atomic mass is 10.1. The predicted octanol–water partition coefficient (Wildman–Crippen LogP) is 5.26. The average Bonchev–Trinajstić information content (AvgIpc) is 3.21. The molecule has 34 heavy (non-hydrogen) atoms. The molecule has 0 saturated heterocycles. The minimum atomic E-state index is -5.19. The number of fused-ring (bicyclic) bond motifs is 1. The molecule has 0 radical (unpaired) electrons. The second-order valence-electron chi connectivity index (χ2n) is 6.65. The lowest BCUT2D eigenvalue weighted by molar-refractivity contribution is -0.196. The molecule has 4 aromatic rings. The first kappa shape index (κ1) is 22.8. The number of nitrogens with one attached hydrogen (secondary N) is 2. The minimum Gasteiger partial charge on any atom is -0.437 e. The van der Waals surface area contributed by atoms with E-state index in [2.05, 4.69) is 24.8 Å². The van der Waals surface area contributed by atoms with Crippen molar-refractivity contribution in [2.75, 3.05) is 5.48 Å². The van der Waals surface area contributed by atoms with E-state index < -0.39 is 23.9 Å². The molecule has 14 heteroatoms. The van der Waals surface area contributed by atoms with Crippen LogP contribution in [0.25, 0.3) is 22.3 Å². The Morgan fingerprint density at radius 3 is 2.38 bits per heavy atom. The molecule has 0 bridgehead atoms. The van der Waals surface area contributed by atoms with Gasteiger partial charge in [0.2, 0.25) is 11.8 Å². The second-order valence-corrected chi connectivity index (χ2v) is 6.65. The van der Waals surface area contributed by atoms with Crippen molar-refractivity contribution >= 4 is 23.0 Å². The quantitative estimate of drug-likeness (QED) is 0.295. The van der Waals surface area contributed by atoms with Gasteiger partial charge in [0.1, 0.15) is 11.8 Å². The van der Waals surface area contributed by atoms with Crippen molar-refractivity contribution in [3.8, 4) is 22.9 Å². The highest BCUT2D eigenvalue weighted by atomic mass is 19.4. The lowest BCUT2D eigenvalue weighted by Gasteiger charge is -2.09. The Hall–Kier alpha value is -4.36. The van der Waals surface area contributed by atoms with Crippen LogP contribution in [0.2, 0.25) is 0 Å². The third-order valence-corrected chi connectivity index (χ3v) is 4.31. The highest BCUT2D eigenvalue weighted by Crippen LogP contribution is 2.32.